The van der Waals surface area contributed by atoms with Crippen LogP contribution in [0.2, 0.25) is 0 Å². The number of carbonyl (C=O) groups excluding carboxylic acids is 1. The van der Waals surface area contributed by atoms with E-state index in [1.54, 1.807) is 4.90 Å². The highest BCUT2D eigenvalue weighted by molar-refractivity contribution is 5.91. The van der Waals surface area contributed by atoms with Crippen molar-refractivity contribution in [2.24, 2.45) is 0 Å². The number of carbonyl (C=O) groups is 1. The van der Waals surface area contributed by atoms with E-state index in [-0.39, 0.29) is 5.91 Å². The molecule has 1 amide bonds. The summed E-state index contributed by atoms with van der Waals surface area (Å²) >= 11 is 0. The van der Waals surface area contributed by atoms with E-state index in [2.05, 4.69) is 60.8 Å². The molecule has 27 heavy (non-hydrogen) atoms. The molecule has 0 saturated carbocycles. The van der Waals surface area contributed by atoms with Gasteiger partial charge in [0.15, 0.2) is 6.54 Å². The van der Waals surface area contributed by atoms with Gasteiger partial charge in [-0.1, -0.05) is 55.5 Å². The Hall–Kier alpha value is -2.43. The van der Waals surface area contributed by atoms with Gasteiger partial charge in [-0.3, -0.25) is 4.79 Å². The molecule has 1 saturated heterocycles. The second-order valence-electron chi connectivity index (χ2n) is 7.30. The van der Waals surface area contributed by atoms with Gasteiger partial charge in [0.25, 0.3) is 5.91 Å². The van der Waals surface area contributed by atoms with Crippen molar-refractivity contribution in [2.75, 3.05) is 44.6 Å². The maximum Gasteiger partial charge on any atom is 0.279 e. The molecule has 4 heteroatoms. The van der Waals surface area contributed by atoms with Crippen LogP contribution in [0.1, 0.15) is 18.1 Å². The van der Waals surface area contributed by atoms with E-state index in [1.165, 1.54) is 16.0 Å². The number of aryl methyl sites for hydroxylation is 1. The Morgan fingerprint density at radius 3 is 2.48 bits per heavy atom. The zero-order valence-electron chi connectivity index (χ0n) is 16.2. The van der Waals surface area contributed by atoms with Crippen LogP contribution in [0.15, 0.2) is 60.7 Å². The fourth-order valence-corrected chi connectivity index (χ4v) is 3.57. The number of rotatable bonds is 7. The summed E-state index contributed by atoms with van der Waals surface area (Å²) in [4.78, 5) is 15.3. The first kappa shape index (κ1) is 19.3. The molecule has 3 rings (SSSR count). The minimum Gasteiger partial charge on any atom is -0.322 e. The number of benzene rings is 2. The molecule has 2 aromatic rings. The van der Waals surface area contributed by atoms with Crippen molar-refractivity contribution in [3.05, 3.63) is 71.8 Å². The van der Waals surface area contributed by atoms with Gasteiger partial charge in [0.1, 0.15) is 26.2 Å². The van der Waals surface area contributed by atoms with Crippen molar-refractivity contribution in [1.82, 2.24) is 0 Å². The molecule has 0 aliphatic carbocycles. The van der Waals surface area contributed by atoms with Crippen LogP contribution in [0.4, 0.5) is 5.69 Å². The predicted molar refractivity (Wildman–Crippen MR) is 111 cm³/mol. The third kappa shape index (κ3) is 6.35. The number of hydrogen-bond acceptors (Lipinski definition) is 1. The van der Waals surface area contributed by atoms with Gasteiger partial charge >= 0.3 is 0 Å². The Balaban J connectivity index is 1.38. The lowest BCUT2D eigenvalue weighted by atomic mass is 10.1. The normalized spacial score (nSPS) is 19.9. The summed E-state index contributed by atoms with van der Waals surface area (Å²) in [7, 11) is 0. The fourth-order valence-electron chi connectivity index (χ4n) is 3.57. The second kappa shape index (κ2) is 10.0. The predicted octanol–water partition coefficient (Wildman–Crippen LogP) is 0.684. The molecule has 1 fully saturated rings. The minimum absolute atomic E-state index is 0.116. The van der Waals surface area contributed by atoms with Crippen molar-refractivity contribution in [3.8, 4) is 0 Å². The monoisotopic (exact) mass is 365 g/mol. The SMILES string of the molecule is CCc1cccc(NC(=O)C[NH+]2CC[NH+](C/C=C/c3ccccc3)CC2)c1. The van der Waals surface area contributed by atoms with E-state index >= 15 is 0 Å². The first-order valence-electron chi connectivity index (χ1n) is 10.0. The molecule has 0 unspecified atom stereocenters. The molecule has 1 aliphatic heterocycles. The molecule has 0 atom stereocenters. The van der Waals surface area contributed by atoms with Crippen molar-refractivity contribution >= 4 is 17.7 Å². The van der Waals surface area contributed by atoms with Crippen LogP contribution in [0.5, 0.6) is 0 Å². The lowest BCUT2D eigenvalue weighted by Gasteiger charge is -2.28. The summed E-state index contributed by atoms with van der Waals surface area (Å²) in [6.07, 6.45) is 5.45. The van der Waals surface area contributed by atoms with Gasteiger partial charge in [0.2, 0.25) is 0 Å². The number of anilines is 1. The van der Waals surface area contributed by atoms with E-state index in [9.17, 15) is 4.79 Å². The Morgan fingerprint density at radius 1 is 1.00 bits per heavy atom. The molecule has 3 N–H and O–H groups in total. The van der Waals surface area contributed by atoms with Gasteiger partial charge in [0.05, 0.1) is 6.54 Å². The van der Waals surface area contributed by atoms with Crippen LogP contribution in [-0.2, 0) is 11.2 Å². The van der Waals surface area contributed by atoms with Crippen LogP contribution in [-0.4, -0.2) is 45.2 Å². The second-order valence-corrected chi connectivity index (χ2v) is 7.30. The first-order chi connectivity index (χ1) is 13.2. The molecule has 0 bridgehead atoms. The largest absolute Gasteiger partial charge is 0.322 e. The highest BCUT2D eigenvalue weighted by Crippen LogP contribution is 2.10. The summed E-state index contributed by atoms with van der Waals surface area (Å²) in [5.41, 5.74) is 3.42. The van der Waals surface area contributed by atoms with Gasteiger partial charge in [-0.05, 0) is 35.8 Å². The lowest BCUT2D eigenvalue weighted by Crippen LogP contribution is -3.28. The maximum atomic E-state index is 12.3. The van der Waals surface area contributed by atoms with Crippen molar-refractivity contribution in [1.29, 1.82) is 0 Å². The van der Waals surface area contributed by atoms with E-state index in [1.807, 2.05) is 18.2 Å². The van der Waals surface area contributed by atoms with Gasteiger partial charge in [-0.15, -0.1) is 0 Å². The molecule has 4 nitrogen and oxygen atoms in total. The van der Waals surface area contributed by atoms with E-state index in [4.69, 9.17) is 0 Å². The van der Waals surface area contributed by atoms with Crippen molar-refractivity contribution in [2.45, 2.75) is 13.3 Å². The molecular weight excluding hydrogens is 334 g/mol. The van der Waals surface area contributed by atoms with E-state index < -0.39 is 0 Å². The zero-order chi connectivity index (χ0) is 18.9. The average Bonchev–Trinajstić information content (AvgIpc) is 2.70. The van der Waals surface area contributed by atoms with Gasteiger partial charge in [-0.2, -0.15) is 0 Å². The third-order valence-corrected chi connectivity index (χ3v) is 5.21. The van der Waals surface area contributed by atoms with Gasteiger partial charge in [0, 0.05) is 5.69 Å². The molecule has 1 heterocycles. The first-order valence-corrected chi connectivity index (χ1v) is 10.0. The number of amides is 1. The van der Waals surface area contributed by atoms with Gasteiger partial charge < -0.3 is 15.1 Å². The summed E-state index contributed by atoms with van der Waals surface area (Å²) in [6, 6.07) is 18.6. The molecular formula is C23H31N3O+2. The number of piperazine rings is 1. The molecule has 0 aromatic heterocycles. The number of nitrogens with one attached hydrogen (secondary N) is 3. The van der Waals surface area contributed by atoms with Gasteiger partial charge in [-0.25, -0.2) is 0 Å². The van der Waals surface area contributed by atoms with E-state index in [0.717, 1.165) is 44.8 Å². The van der Waals surface area contributed by atoms with Crippen molar-refractivity contribution < 1.29 is 14.6 Å². The molecule has 0 radical (unpaired) electrons. The Labute approximate surface area is 162 Å². The quantitative estimate of drug-likeness (QED) is 0.664. The third-order valence-electron chi connectivity index (χ3n) is 5.21. The summed E-state index contributed by atoms with van der Waals surface area (Å²) in [6.45, 7) is 8.08. The molecule has 1 aliphatic rings. The summed E-state index contributed by atoms with van der Waals surface area (Å²) in [5.74, 6) is 0.116. The summed E-state index contributed by atoms with van der Waals surface area (Å²) < 4.78 is 0. The van der Waals surface area contributed by atoms with Crippen LogP contribution in [0.3, 0.4) is 0 Å². The van der Waals surface area contributed by atoms with E-state index in [0.29, 0.717) is 6.54 Å². The number of quaternary nitrogens is 2. The zero-order valence-corrected chi connectivity index (χ0v) is 16.2. The minimum atomic E-state index is 0.116. The van der Waals surface area contributed by atoms with Crippen LogP contribution < -0.4 is 15.1 Å². The van der Waals surface area contributed by atoms with Crippen LogP contribution in [0.25, 0.3) is 6.08 Å². The highest BCUT2D eigenvalue weighted by Gasteiger charge is 2.23. The molecule has 0 spiro atoms. The Morgan fingerprint density at radius 2 is 1.74 bits per heavy atom. The Kier molecular flexibility index (Phi) is 7.19. The van der Waals surface area contributed by atoms with Crippen LogP contribution >= 0.6 is 0 Å². The molecule has 2 aromatic carbocycles. The smallest absolute Gasteiger partial charge is 0.279 e. The van der Waals surface area contributed by atoms with Crippen LogP contribution in [0, 0.1) is 0 Å². The fraction of sp³-hybridized carbons (Fsp3) is 0.348. The Bertz CT molecular complexity index is 749. The lowest BCUT2D eigenvalue weighted by molar-refractivity contribution is -1.01. The molecule has 142 valence electrons. The highest BCUT2D eigenvalue weighted by atomic mass is 16.2. The average molecular weight is 366 g/mol. The standard InChI is InChI=1S/C23H29N3O/c1-2-20-10-6-12-22(18-20)24-23(27)19-26-16-14-25(15-17-26)13-7-11-21-8-4-3-5-9-21/h3-12,18H,2,13-17,19H2,1H3,(H,24,27)/p+2/b11-7+. The topological polar surface area (TPSA) is 38.0 Å². The maximum absolute atomic E-state index is 12.3. The van der Waals surface area contributed by atoms with Crippen molar-refractivity contribution in [3.63, 3.8) is 0 Å². The number of hydrogen-bond donors (Lipinski definition) is 3. The summed E-state index contributed by atoms with van der Waals surface area (Å²) in [5, 5.41) is 3.05.